The third-order valence-electron chi connectivity index (χ3n) is 1.81. The lowest BCUT2D eigenvalue weighted by atomic mass is 10.0. The summed E-state index contributed by atoms with van der Waals surface area (Å²) in [5.41, 5.74) is 0.275. The second-order valence-corrected chi connectivity index (χ2v) is 4.37. The molecular weight excluding hydrogens is 164 g/mol. The van der Waals surface area contributed by atoms with Crippen LogP contribution in [0.5, 0.6) is 0 Å². The van der Waals surface area contributed by atoms with Gasteiger partial charge in [0.2, 0.25) is 0 Å². The van der Waals surface area contributed by atoms with Gasteiger partial charge < -0.3 is 5.11 Å². The van der Waals surface area contributed by atoms with E-state index in [1.54, 1.807) is 13.8 Å². The molecule has 0 aromatic carbocycles. The Morgan fingerprint density at radius 1 is 1.54 bits per heavy atom. The molecule has 0 unspecified atom stereocenters. The second kappa shape index (κ2) is 3.50. The predicted octanol–water partition coefficient (Wildman–Crippen LogP) is 1.78. The third kappa shape index (κ3) is 3.19. The Balaban J connectivity index is 2.70. The van der Waals surface area contributed by atoms with Gasteiger partial charge in [0, 0.05) is 18.7 Å². The Morgan fingerprint density at radius 2 is 2.15 bits per heavy atom. The average molecular weight is 182 g/mol. The number of aliphatic hydroxyl groups is 1. The minimum absolute atomic E-state index is 0.385. The van der Waals surface area contributed by atoms with Crippen molar-refractivity contribution in [2.75, 3.05) is 0 Å². The Labute approximate surface area is 79.4 Å². The normalized spacial score (nSPS) is 12.5. The zero-order chi connectivity index (χ0) is 10.1. The Morgan fingerprint density at radius 3 is 2.54 bits per heavy atom. The van der Waals surface area contributed by atoms with Crippen LogP contribution in [0.2, 0.25) is 0 Å². The molecule has 0 aliphatic rings. The van der Waals surface area contributed by atoms with E-state index in [-0.39, 0.29) is 0 Å². The predicted molar refractivity (Wildman–Crippen MR) is 52.6 cm³/mol. The van der Waals surface area contributed by atoms with Crippen LogP contribution in [-0.2, 0) is 6.42 Å². The van der Waals surface area contributed by atoms with Crippen LogP contribution in [-0.4, -0.2) is 20.5 Å². The summed E-state index contributed by atoms with van der Waals surface area (Å²) in [6.45, 7) is 7.75. The van der Waals surface area contributed by atoms with Crippen LogP contribution in [0.3, 0.4) is 0 Å². The average Bonchev–Trinajstić information content (AvgIpc) is 2.31. The highest BCUT2D eigenvalue weighted by molar-refractivity contribution is 5.02. The monoisotopic (exact) mass is 182 g/mol. The van der Waals surface area contributed by atoms with Crippen LogP contribution >= 0.6 is 0 Å². The standard InChI is InChI=1S/C10H18N2O/c1-8(2)12-6-5-9(11-12)7-10(3,4)13/h5-6,8,13H,7H2,1-4H3. The van der Waals surface area contributed by atoms with Crippen molar-refractivity contribution in [3.05, 3.63) is 18.0 Å². The number of nitrogens with zero attached hydrogens (tertiary/aromatic N) is 2. The van der Waals surface area contributed by atoms with Crippen molar-refractivity contribution in [1.82, 2.24) is 9.78 Å². The first kappa shape index (κ1) is 10.3. The maximum atomic E-state index is 9.57. The molecule has 1 aromatic rings. The van der Waals surface area contributed by atoms with Crippen LogP contribution in [0.25, 0.3) is 0 Å². The van der Waals surface area contributed by atoms with Crippen molar-refractivity contribution in [3.8, 4) is 0 Å². The quantitative estimate of drug-likeness (QED) is 0.773. The first-order valence-corrected chi connectivity index (χ1v) is 4.65. The highest BCUT2D eigenvalue weighted by atomic mass is 16.3. The summed E-state index contributed by atoms with van der Waals surface area (Å²) < 4.78 is 1.90. The minimum atomic E-state index is -0.670. The van der Waals surface area contributed by atoms with E-state index in [1.165, 1.54) is 0 Å². The highest BCUT2D eigenvalue weighted by Gasteiger charge is 2.15. The van der Waals surface area contributed by atoms with Gasteiger partial charge in [0.25, 0.3) is 0 Å². The van der Waals surface area contributed by atoms with Crippen LogP contribution in [0.4, 0.5) is 0 Å². The summed E-state index contributed by atoms with van der Waals surface area (Å²) in [7, 11) is 0. The molecule has 0 fully saturated rings. The molecule has 3 nitrogen and oxygen atoms in total. The number of hydrogen-bond donors (Lipinski definition) is 1. The molecule has 0 radical (unpaired) electrons. The molecule has 0 bridgehead atoms. The van der Waals surface area contributed by atoms with E-state index in [2.05, 4.69) is 18.9 Å². The van der Waals surface area contributed by atoms with Crippen LogP contribution in [0.1, 0.15) is 39.4 Å². The summed E-state index contributed by atoms with van der Waals surface area (Å²) in [4.78, 5) is 0. The fourth-order valence-electron chi connectivity index (χ4n) is 1.20. The molecule has 3 heteroatoms. The fraction of sp³-hybridized carbons (Fsp3) is 0.700. The molecule has 74 valence electrons. The van der Waals surface area contributed by atoms with Gasteiger partial charge in [-0.15, -0.1) is 0 Å². The van der Waals surface area contributed by atoms with Gasteiger partial charge in [0.15, 0.2) is 0 Å². The molecule has 0 aliphatic carbocycles. The number of rotatable bonds is 3. The fourth-order valence-corrected chi connectivity index (χ4v) is 1.20. The van der Waals surface area contributed by atoms with E-state index < -0.39 is 5.60 Å². The minimum Gasteiger partial charge on any atom is -0.390 e. The first-order chi connectivity index (χ1) is 5.88. The summed E-state index contributed by atoms with van der Waals surface area (Å²) in [5.74, 6) is 0. The summed E-state index contributed by atoms with van der Waals surface area (Å²) in [6, 6.07) is 2.34. The zero-order valence-electron chi connectivity index (χ0n) is 8.78. The summed E-state index contributed by atoms with van der Waals surface area (Å²) in [5, 5.41) is 13.9. The van der Waals surface area contributed by atoms with Crippen molar-refractivity contribution in [2.24, 2.45) is 0 Å². The van der Waals surface area contributed by atoms with Gasteiger partial charge in [-0.25, -0.2) is 0 Å². The van der Waals surface area contributed by atoms with Crippen molar-refractivity contribution in [2.45, 2.75) is 45.8 Å². The van der Waals surface area contributed by atoms with Crippen molar-refractivity contribution < 1.29 is 5.11 Å². The topological polar surface area (TPSA) is 38.0 Å². The Bertz CT molecular complexity index is 271. The molecule has 0 saturated heterocycles. The van der Waals surface area contributed by atoms with Crippen LogP contribution < -0.4 is 0 Å². The molecule has 1 heterocycles. The molecule has 0 aliphatic heterocycles. The van der Waals surface area contributed by atoms with Crippen LogP contribution in [0, 0.1) is 0 Å². The molecule has 0 amide bonds. The smallest absolute Gasteiger partial charge is 0.0653 e. The molecule has 13 heavy (non-hydrogen) atoms. The lowest BCUT2D eigenvalue weighted by Crippen LogP contribution is -2.22. The second-order valence-electron chi connectivity index (χ2n) is 4.37. The van der Waals surface area contributed by atoms with Crippen molar-refractivity contribution >= 4 is 0 Å². The van der Waals surface area contributed by atoms with Gasteiger partial charge >= 0.3 is 0 Å². The van der Waals surface area contributed by atoms with Gasteiger partial charge in [-0.2, -0.15) is 5.10 Å². The number of aromatic nitrogens is 2. The van der Waals surface area contributed by atoms with E-state index in [9.17, 15) is 5.11 Å². The summed E-state index contributed by atoms with van der Waals surface area (Å²) >= 11 is 0. The molecular formula is C10H18N2O. The molecule has 1 aromatic heterocycles. The number of hydrogen-bond acceptors (Lipinski definition) is 2. The SMILES string of the molecule is CC(C)n1ccc(CC(C)(C)O)n1. The van der Waals surface area contributed by atoms with Crippen molar-refractivity contribution in [3.63, 3.8) is 0 Å². The molecule has 0 atom stereocenters. The summed E-state index contributed by atoms with van der Waals surface area (Å²) in [6.07, 6.45) is 2.55. The van der Waals surface area contributed by atoms with E-state index in [1.807, 2.05) is 16.9 Å². The van der Waals surface area contributed by atoms with Crippen molar-refractivity contribution in [1.29, 1.82) is 0 Å². The van der Waals surface area contributed by atoms with E-state index in [0.29, 0.717) is 12.5 Å². The van der Waals surface area contributed by atoms with Gasteiger partial charge in [-0.3, -0.25) is 4.68 Å². The zero-order valence-corrected chi connectivity index (χ0v) is 8.78. The lowest BCUT2D eigenvalue weighted by Gasteiger charge is -2.14. The van der Waals surface area contributed by atoms with Gasteiger partial charge in [-0.1, -0.05) is 0 Å². The highest BCUT2D eigenvalue weighted by Crippen LogP contribution is 2.11. The molecule has 0 saturated carbocycles. The van der Waals surface area contributed by atoms with Gasteiger partial charge in [0.1, 0.15) is 0 Å². The molecule has 1 rings (SSSR count). The molecule has 0 spiro atoms. The third-order valence-corrected chi connectivity index (χ3v) is 1.81. The van der Waals surface area contributed by atoms with E-state index in [0.717, 1.165) is 5.69 Å². The maximum absolute atomic E-state index is 9.57. The molecule has 1 N–H and O–H groups in total. The lowest BCUT2D eigenvalue weighted by molar-refractivity contribution is 0.0797. The largest absolute Gasteiger partial charge is 0.390 e. The van der Waals surface area contributed by atoms with E-state index >= 15 is 0 Å². The van der Waals surface area contributed by atoms with Crippen LogP contribution in [0.15, 0.2) is 12.3 Å². The van der Waals surface area contributed by atoms with Gasteiger partial charge in [0.05, 0.1) is 11.3 Å². The van der Waals surface area contributed by atoms with E-state index in [4.69, 9.17) is 0 Å². The maximum Gasteiger partial charge on any atom is 0.0653 e. The van der Waals surface area contributed by atoms with Gasteiger partial charge in [-0.05, 0) is 33.8 Å². The Kier molecular flexibility index (Phi) is 2.76. The Hall–Kier alpha value is -0.830. The first-order valence-electron chi connectivity index (χ1n) is 4.65.